The van der Waals surface area contributed by atoms with Crippen molar-refractivity contribution in [2.75, 3.05) is 6.54 Å². The summed E-state index contributed by atoms with van der Waals surface area (Å²) in [5.74, 6) is 0. The number of hydrogen-bond donors (Lipinski definition) is 1. The fourth-order valence-corrected chi connectivity index (χ4v) is 1.80. The van der Waals surface area contributed by atoms with Crippen LogP contribution in [0.4, 0.5) is 5.69 Å². The fourth-order valence-electron chi connectivity index (χ4n) is 1.80. The molecule has 2 rings (SSSR count). The predicted molar refractivity (Wildman–Crippen MR) is 74.2 cm³/mol. The maximum absolute atomic E-state index is 10.6. The van der Waals surface area contributed by atoms with Gasteiger partial charge in [0.05, 0.1) is 23.4 Å². The Bertz CT molecular complexity index is 564. The van der Waals surface area contributed by atoms with E-state index in [9.17, 15) is 10.1 Å². The Labute approximate surface area is 116 Å². The minimum Gasteiger partial charge on any atom is -0.311 e. The number of rotatable bonds is 7. The van der Waals surface area contributed by atoms with Gasteiger partial charge < -0.3 is 5.32 Å². The number of aromatic nitrogens is 3. The lowest BCUT2D eigenvalue weighted by atomic mass is 10.2. The van der Waals surface area contributed by atoms with E-state index in [-0.39, 0.29) is 5.69 Å². The Balaban J connectivity index is 1.94. The van der Waals surface area contributed by atoms with Crippen LogP contribution in [0.1, 0.15) is 24.6 Å². The van der Waals surface area contributed by atoms with Crippen LogP contribution in [0.3, 0.4) is 0 Å². The van der Waals surface area contributed by atoms with Gasteiger partial charge in [0.1, 0.15) is 0 Å². The molecule has 0 aliphatic heterocycles. The van der Waals surface area contributed by atoms with Crippen molar-refractivity contribution in [3.63, 3.8) is 0 Å². The Hall–Kier alpha value is -2.28. The van der Waals surface area contributed by atoms with Crippen LogP contribution < -0.4 is 5.32 Å². The monoisotopic (exact) mass is 275 g/mol. The molecule has 1 aromatic carbocycles. The van der Waals surface area contributed by atoms with Crippen LogP contribution in [0.25, 0.3) is 0 Å². The molecule has 1 heterocycles. The SMILES string of the molecule is CCCNCc1cn(Cc2ccc([N+](=O)[O-])cc2)nn1. The van der Waals surface area contributed by atoms with E-state index < -0.39 is 4.92 Å². The van der Waals surface area contributed by atoms with Crippen molar-refractivity contribution in [1.29, 1.82) is 0 Å². The van der Waals surface area contributed by atoms with E-state index in [0.29, 0.717) is 13.1 Å². The summed E-state index contributed by atoms with van der Waals surface area (Å²) in [6.45, 7) is 4.32. The van der Waals surface area contributed by atoms with E-state index in [1.54, 1.807) is 16.8 Å². The van der Waals surface area contributed by atoms with Gasteiger partial charge in [0.25, 0.3) is 5.69 Å². The van der Waals surface area contributed by atoms with Crippen LogP contribution >= 0.6 is 0 Å². The van der Waals surface area contributed by atoms with Crippen molar-refractivity contribution in [3.05, 3.63) is 51.8 Å². The molecule has 7 nitrogen and oxygen atoms in total. The molecule has 0 bridgehead atoms. The molecular weight excluding hydrogens is 258 g/mol. The first-order chi connectivity index (χ1) is 9.69. The average molecular weight is 275 g/mol. The summed E-state index contributed by atoms with van der Waals surface area (Å²) < 4.78 is 1.73. The molecule has 0 unspecified atom stereocenters. The van der Waals surface area contributed by atoms with E-state index in [1.807, 2.05) is 6.20 Å². The average Bonchev–Trinajstić information content (AvgIpc) is 2.87. The number of nitro groups is 1. The van der Waals surface area contributed by atoms with Gasteiger partial charge in [-0.1, -0.05) is 24.3 Å². The highest BCUT2D eigenvalue weighted by Crippen LogP contribution is 2.12. The third kappa shape index (κ3) is 3.86. The summed E-state index contributed by atoms with van der Waals surface area (Å²) in [6.07, 6.45) is 2.96. The van der Waals surface area contributed by atoms with Crippen LogP contribution in [-0.2, 0) is 13.1 Å². The van der Waals surface area contributed by atoms with Crippen LogP contribution in [0.15, 0.2) is 30.5 Å². The normalized spacial score (nSPS) is 10.7. The number of benzene rings is 1. The minimum atomic E-state index is -0.406. The lowest BCUT2D eigenvalue weighted by Crippen LogP contribution is -2.13. The van der Waals surface area contributed by atoms with Crippen LogP contribution in [0, 0.1) is 10.1 Å². The molecule has 0 fully saturated rings. The smallest absolute Gasteiger partial charge is 0.269 e. The van der Waals surface area contributed by atoms with Gasteiger partial charge in [-0.2, -0.15) is 0 Å². The third-order valence-corrected chi connectivity index (χ3v) is 2.81. The summed E-state index contributed by atoms with van der Waals surface area (Å²) in [4.78, 5) is 10.2. The molecule has 20 heavy (non-hydrogen) atoms. The molecule has 0 amide bonds. The summed E-state index contributed by atoms with van der Waals surface area (Å²) >= 11 is 0. The van der Waals surface area contributed by atoms with Gasteiger partial charge in [0, 0.05) is 18.7 Å². The topological polar surface area (TPSA) is 85.9 Å². The van der Waals surface area contributed by atoms with Crippen molar-refractivity contribution < 1.29 is 4.92 Å². The fraction of sp³-hybridized carbons (Fsp3) is 0.385. The van der Waals surface area contributed by atoms with Crippen LogP contribution in [0.2, 0.25) is 0 Å². The number of non-ortho nitro benzene ring substituents is 1. The zero-order valence-electron chi connectivity index (χ0n) is 11.3. The van der Waals surface area contributed by atoms with Crippen molar-refractivity contribution in [2.45, 2.75) is 26.4 Å². The molecule has 0 saturated heterocycles. The van der Waals surface area contributed by atoms with Gasteiger partial charge >= 0.3 is 0 Å². The van der Waals surface area contributed by atoms with Gasteiger partial charge in [-0.05, 0) is 18.5 Å². The van der Waals surface area contributed by atoms with Crippen molar-refractivity contribution in [2.24, 2.45) is 0 Å². The highest BCUT2D eigenvalue weighted by atomic mass is 16.6. The van der Waals surface area contributed by atoms with Crippen LogP contribution in [-0.4, -0.2) is 26.5 Å². The van der Waals surface area contributed by atoms with Gasteiger partial charge in [-0.25, -0.2) is 4.68 Å². The summed E-state index contributed by atoms with van der Waals surface area (Å²) in [5, 5.41) is 21.9. The molecule has 0 saturated carbocycles. The largest absolute Gasteiger partial charge is 0.311 e. The number of nitrogens with zero attached hydrogens (tertiary/aromatic N) is 4. The predicted octanol–water partition coefficient (Wildman–Crippen LogP) is 1.73. The first-order valence-corrected chi connectivity index (χ1v) is 6.52. The summed E-state index contributed by atoms with van der Waals surface area (Å²) in [7, 11) is 0. The Morgan fingerprint density at radius 1 is 1.35 bits per heavy atom. The molecule has 0 spiro atoms. The minimum absolute atomic E-state index is 0.0943. The highest BCUT2D eigenvalue weighted by Gasteiger charge is 2.05. The van der Waals surface area contributed by atoms with Crippen molar-refractivity contribution >= 4 is 5.69 Å². The standard InChI is InChI=1S/C13H17N5O2/c1-2-7-14-8-12-10-17(16-15-12)9-11-3-5-13(6-4-11)18(19)20/h3-6,10,14H,2,7-9H2,1H3. The maximum Gasteiger partial charge on any atom is 0.269 e. The number of nitro benzene ring substituents is 1. The Morgan fingerprint density at radius 3 is 2.75 bits per heavy atom. The molecule has 0 radical (unpaired) electrons. The van der Waals surface area contributed by atoms with Gasteiger partial charge in [-0.3, -0.25) is 10.1 Å². The van der Waals surface area contributed by atoms with Gasteiger partial charge in [0.2, 0.25) is 0 Å². The second-order valence-electron chi connectivity index (χ2n) is 4.51. The van der Waals surface area contributed by atoms with E-state index in [4.69, 9.17) is 0 Å². The van der Waals surface area contributed by atoms with E-state index in [0.717, 1.165) is 24.2 Å². The second kappa shape index (κ2) is 6.76. The lowest BCUT2D eigenvalue weighted by molar-refractivity contribution is -0.384. The molecule has 1 aromatic heterocycles. The molecule has 106 valence electrons. The molecule has 1 N–H and O–H groups in total. The van der Waals surface area contributed by atoms with E-state index in [2.05, 4.69) is 22.6 Å². The van der Waals surface area contributed by atoms with Crippen molar-refractivity contribution in [1.82, 2.24) is 20.3 Å². The number of nitrogens with one attached hydrogen (secondary N) is 1. The van der Waals surface area contributed by atoms with E-state index >= 15 is 0 Å². The molecule has 0 aliphatic carbocycles. The molecule has 0 aliphatic rings. The van der Waals surface area contributed by atoms with Gasteiger partial charge in [0.15, 0.2) is 0 Å². The molecule has 7 heteroatoms. The third-order valence-electron chi connectivity index (χ3n) is 2.81. The zero-order chi connectivity index (χ0) is 14.4. The first kappa shape index (κ1) is 14.1. The quantitative estimate of drug-likeness (QED) is 0.472. The van der Waals surface area contributed by atoms with Gasteiger partial charge in [-0.15, -0.1) is 5.10 Å². The maximum atomic E-state index is 10.6. The summed E-state index contributed by atoms with van der Waals surface area (Å²) in [6, 6.07) is 6.45. The van der Waals surface area contributed by atoms with E-state index in [1.165, 1.54) is 12.1 Å². The molecule has 2 aromatic rings. The van der Waals surface area contributed by atoms with Crippen LogP contribution in [0.5, 0.6) is 0 Å². The number of hydrogen-bond acceptors (Lipinski definition) is 5. The first-order valence-electron chi connectivity index (χ1n) is 6.52. The highest BCUT2D eigenvalue weighted by molar-refractivity contribution is 5.32. The van der Waals surface area contributed by atoms with Crippen molar-refractivity contribution in [3.8, 4) is 0 Å². The Kier molecular flexibility index (Phi) is 4.78. The lowest BCUT2D eigenvalue weighted by Gasteiger charge is -2.00. The molecule has 0 atom stereocenters. The zero-order valence-corrected chi connectivity index (χ0v) is 11.3. The second-order valence-corrected chi connectivity index (χ2v) is 4.51. The summed E-state index contributed by atoms with van der Waals surface area (Å²) in [5.41, 5.74) is 1.94. The Morgan fingerprint density at radius 2 is 2.10 bits per heavy atom. The molecular formula is C13H17N5O2.